The molecule has 2 aliphatic heterocycles. The first-order chi connectivity index (χ1) is 9.24. The molecule has 0 unspecified atom stereocenters. The molecule has 4 atom stereocenters. The van der Waals surface area contributed by atoms with Gasteiger partial charge in [0.1, 0.15) is 24.9 Å². The van der Waals surface area contributed by atoms with E-state index in [4.69, 9.17) is 18.9 Å². The molecule has 0 amide bonds. The average molecular weight is 264 g/mol. The smallest absolute Gasteiger partial charge is 0.302 e. The molecule has 2 aliphatic rings. The lowest BCUT2D eigenvalue weighted by Crippen LogP contribution is -2.35. The standard InChI is InChI=1S/C14H16O5/c1-9(15)16-8-11-12(13-14(18-11)19-13)17-7-10-5-3-2-4-6-10/h2-6,11-14H,7-8H2,1H3/t11-,12-,13-,14+/m1/s1. The van der Waals surface area contributed by atoms with Crippen LogP contribution in [0.2, 0.25) is 0 Å². The topological polar surface area (TPSA) is 57.3 Å². The number of esters is 1. The molecular weight excluding hydrogens is 248 g/mol. The highest BCUT2D eigenvalue weighted by Gasteiger charge is 2.58. The van der Waals surface area contributed by atoms with Gasteiger partial charge in [-0.05, 0) is 5.56 Å². The molecule has 2 saturated heterocycles. The average Bonchev–Trinajstić information content (AvgIpc) is 3.09. The Balaban J connectivity index is 1.54. The maximum Gasteiger partial charge on any atom is 0.302 e. The third kappa shape index (κ3) is 2.94. The predicted molar refractivity (Wildman–Crippen MR) is 65.2 cm³/mol. The van der Waals surface area contributed by atoms with Crippen molar-refractivity contribution < 1.29 is 23.7 Å². The number of rotatable bonds is 5. The fourth-order valence-electron chi connectivity index (χ4n) is 2.22. The summed E-state index contributed by atoms with van der Waals surface area (Å²) in [5, 5.41) is 0. The van der Waals surface area contributed by atoms with E-state index in [2.05, 4.69) is 0 Å². The van der Waals surface area contributed by atoms with E-state index in [0.717, 1.165) is 5.56 Å². The van der Waals surface area contributed by atoms with Crippen LogP contribution in [0, 0.1) is 0 Å². The highest BCUT2D eigenvalue weighted by atomic mass is 16.8. The van der Waals surface area contributed by atoms with Crippen molar-refractivity contribution in [3.8, 4) is 0 Å². The highest BCUT2D eigenvalue weighted by Crippen LogP contribution is 2.39. The third-order valence-electron chi connectivity index (χ3n) is 3.22. The van der Waals surface area contributed by atoms with Crippen molar-refractivity contribution in [2.75, 3.05) is 6.61 Å². The van der Waals surface area contributed by atoms with Gasteiger partial charge >= 0.3 is 5.97 Å². The minimum Gasteiger partial charge on any atom is -0.463 e. The first-order valence-electron chi connectivity index (χ1n) is 6.34. The van der Waals surface area contributed by atoms with E-state index < -0.39 is 0 Å². The van der Waals surface area contributed by atoms with E-state index in [1.54, 1.807) is 0 Å². The summed E-state index contributed by atoms with van der Waals surface area (Å²) in [5.74, 6) is -0.313. The quantitative estimate of drug-likeness (QED) is 0.592. The van der Waals surface area contributed by atoms with Gasteiger partial charge < -0.3 is 18.9 Å². The van der Waals surface area contributed by atoms with Gasteiger partial charge in [0.25, 0.3) is 0 Å². The summed E-state index contributed by atoms with van der Waals surface area (Å²) in [6.45, 7) is 2.09. The lowest BCUT2D eigenvalue weighted by Gasteiger charge is -2.21. The van der Waals surface area contributed by atoms with Crippen LogP contribution in [-0.4, -0.2) is 37.2 Å². The number of carbonyl (C=O) groups excluding carboxylic acids is 1. The largest absolute Gasteiger partial charge is 0.463 e. The summed E-state index contributed by atoms with van der Waals surface area (Å²) >= 11 is 0. The predicted octanol–water partition coefficient (Wildman–Crippen LogP) is 1.26. The van der Waals surface area contributed by atoms with Gasteiger partial charge in [-0.25, -0.2) is 0 Å². The van der Waals surface area contributed by atoms with E-state index in [1.165, 1.54) is 6.92 Å². The van der Waals surface area contributed by atoms with Gasteiger partial charge in [0.05, 0.1) is 6.61 Å². The van der Waals surface area contributed by atoms with Crippen molar-refractivity contribution in [1.29, 1.82) is 0 Å². The number of carbonyl (C=O) groups is 1. The normalized spacial score (nSPS) is 31.8. The molecule has 0 saturated carbocycles. The molecule has 1 aromatic carbocycles. The molecular formula is C14H16O5. The number of ether oxygens (including phenoxy) is 4. The number of fused-ring (bicyclic) bond motifs is 1. The Morgan fingerprint density at radius 3 is 2.79 bits per heavy atom. The van der Waals surface area contributed by atoms with Crippen LogP contribution >= 0.6 is 0 Å². The Bertz CT molecular complexity index is 446. The molecule has 0 aromatic heterocycles. The van der Waals surface area contributed by atoms with Gasteiger partial charge in [0, 0.05) is 6.92 Å². The molecule has 0 N–H and O–H groups in total. The Morgan fingerprint density at radius 2 is 2.05 bits per heavy atom. The number of benzene rings is 1. The van der Waals surface area contributed by atoms with Crippen molar-refractivity contribution >= 4 is 5.97 Å². The van der Waals surface area contributed by atoms with Crippen LogP contribution < -0.4 is 0 Å². The molecule has 19 heavy (non-hydrogen) atoms. The summed E-state index contributed by atoms with van der Waals surface area (Å²) in [6.07, 6.45) is -0.633. The van der Waals surface area contributed by atoms with Crippen LogP contribution in [0.1, 0.15) is 12.5 Å². The zero-order valence-corrected chi connectivity index (χ0v) is 10.7. The van der Waals surface area contributed by atoms with Crippen LogP contribution in [0.4, 0.5) is 0 Å². The lowest BCUT2D eigenvalue weighted by atomic mass is 10.2. The number of hydrogen-bond acceptors (Lipinski definition) is 5. The van der Waals surface area contributed by atoms with Gasteiger partial charge in [-0.15, -0.1) is 0 Å². The summed E-state index contributed by atoms with van der Waals surface area (Å²) in [7, 11) is 0. The van der Waals surface area contributed by atoms with Crippen LogP contribution in [0.3, 0.4) is 0 Å². The van der Waals surface area contributed by atoms with E-state index in [9.17, 15) is 4.79 Å². The lowest BCUT2D eigenvalue weighted by molar-refractivity contribution is -0.155. The second-order valence-electron chi connectivity index (χ2n) is 4.71. The van der Waals surface area contributed by atoms with Crippen molar-refractivity contribution in [3.63, 3.8) is 0 Å². The summed E-state index contributed by atoms with van der Waals surface area (Å²) in [6, 6.07) is 9.91. The fourth-order valence-corrected chi connectivity index (χ4v) is 2.22. The second kappa shape index (κ2) is 5.28. The first kappa shape index (κ1) is 12.6. The minimum atomic E-state index is -0.313. The van der Waals surface area contributed by atoms with Gasteiger partial charge in [0.2, 0.25) is 0 Å². The number of epoxide rings is 1. The van der Waals surface area contributed by atoms with E-state index >= 15 is 0 Å². The molecule has 2 fully saturated rings. The highest BCUT2D eigenvalue weighted by molar-refractivity contribution is 5.65. The van der Waals surface area contributed by atoms with Crippen molar-refractivity contribution in [2.24, 2.45) is 0 Å². The third-order valence-corrected chi connectivity index (χ3v) is 3.22. The molecule has 102 valence electrons. The van der Waals surface area contributed by atoms with Crippen molar-refractivity contribution in [1.82, 2.24) is 0 Å². The van der Waals surface area contributed by atoms with Crippen LogP contribution in [0.25, 0.3) is 0 Å². The Morgan fingerprint density at radius 1 is 1.26 bits per heavy atom. The molecule has 2 heterocycles. The van der Waals surface area contributed by atoms with Gasteiger partial charge in [0.15, 0.2) is 6.29 Å². The van der Waals surface area contributed by atoms with E-state index in [1.807, 2.05) is 30.3 Å². The molecule has 0 spiro atoms. The Hall–Kier alpha value is -1.43. The van der Waals surface area contributed by atoms with Crippen LogP contribution in [-0.2, 0) is 30.3 Å². The minimum absolute atomic E-state index is 0.0238. The van der Waals surface area contributed by atoms with E-state index in [-0.39, 0.29) is 37.2 Å². The Kier molecular flexibility index (Phi) is 3.50. The van der Waals surface area contributed by atoms with Crippen molar-refractivity contribution in [3.05, 3.63) is 35.9 Å². The Labute approximate surface area is 111 Å². The molecule has 0 radical (unpaired) electrons. The molecule has 3 rings (SSSR count). The van der Waals surface area contributed by atoms with Crippen LogP contribution in [0.15, 0.2) is 30.3 Å². The van der Waals surface area contributed by atoms with Crippen LogP contribution in [0.5, 0.6) is 0 Å². The maximum atomic E-state index is 10.8. The SMILES string of the molecule is CC(=O)OC[C@H]1O[C@H]2O[C@@H]2[C@@H]1OCc1ccccc1. The molecule has 1 aromatic rings. The molecule has 5 nitrogen and oxygen atoms in total. The van der Waals surface area contributed by atoms with Gasteiger partial charge in [-0.1, -0.05) is 30.3 Å². The zero-order chi connectivity index (χ0) is 13.2. The molecule has 0 bridgehead atoms. The fraction of sp³-hybridized carbons (Fsp3) is 0.500. The summed E-state index contributed by atoms with van der Waals surface area (Å²) in [5.41, 5.74) is 1.10. The van der Waals surface area contributed by atoms with E-state index in [0.29, 0.717) is 6.61 Å². The zero-order valence-electron chi connectivity index (χ0n) is 10.7. The molecule has 5 heteroatoms. The van der Waals surface area contributed by atoms with Crippen molar-refractivity contribution in [2.45, 2.75) is 38.1 Å². The monoisotopic (exact) mass is 264 g/mol. The van der Waals surface area contributed by atoms with Gasteiger partial charge in [-0.3, -0.25) is 4.79 Å². The molecule has 0 aliphatic carbocycles. The second-order valence-corrected chi connectivity index (χ2v) is 4.71. The first-order valence-corrected chi connectivity index (χ1v) is 6.34. The van der Waals surface area contributed by atoms with Gasteiger partial charge in [-0.2, -0.15) is 0 Å². The maximum absolute atomic E-state index is 10.8. The summed E-state index contributed by atoms with van der Waals surface area (Å²) in [4.78, 5) is 10.8. The number of hydrogen-bond donors (Lipinski definition) is 0. The summed E-state index contributed by atoms with van der Waals surface area (Å²) < 4.78 is 21.7.